The molecule has 10 heteroatoms. The van der Waals surface area contributed by atoms with E-state index in [-0.39, 0.29) is 21.7 Å². The predicted octanol–water partition coefficient (Wildman–Crippen LogP) is 2.60. The van der Waals surface area contributed by atoms with Gasteiger partial charge in [-0.2, -0.15) is 0 Å². The average Bonchev–Trinajstić information content (AvgIpc) is 2.86. The first-order valence-corrected chi connectivity index (χ1v) is 12.6. The Kier molecular flexibility index (Phi) is 6.35. The normalized spacial score (nSPS) is 14.8. The van der Waals surface area contributed by atoms with E-state index < -0.39 is 32.1 Å². The summed E-state index contributed by atoms with van der Waals surface area (Å²) in [7, 11) is 0.477. The molecule has 9 nitrogen and oxygen atoms in total. The Morgan fingerprint density at radius 2 is 1.56 bits per heavy atom. The van der Waals surface area contributed by atoms with Crippen molar-refractivity contribution in [3.8, 4) is 5.75 Å². The highest BCUT2D eigenvalue weighted by molar-refractivity contribution is 7.92. The van der Waals surface area contributed by atoms with Crippen molar-refractivity contribution in [3.05, 3.63) is 62.7 Å². The molecule has 2 aromatic carbocycles. The smallest absolute Gasteiger partial charge is 0.316 e. The van der Waals surface area contributed by atoms with Gasteiger partial charge in [0.05, 0.1) is 39.5 Å². The third kappa shape index (κ3) is 4.02. The van der Waals surface area contributed by atoms with Crippen LogP contribution >= 0.6 is 0 Å². The molecule has 1 heterocycles. The zero-order valence-corrected chi connectivity index (χ0v) is 20.1. The molecular formula is C24H27N3O6S. The van der Waals surface area contributed by atoms with Gasteiger partial charge in [-0.15, -0.1) is 0 Å². The van der Waals surface area contributed by atoms with Crippen LogP contribution in [0, 0.1) is 0 Å². The highest BCUT2D eigenvalue weighted by Crippen LogP contribution is 2.35. The molecule has 0 bridgehead atoms. The Hall–Kier alpha value is -3.40. The lowest BCUT2D eigenvalue weighted by molar-refractivity contribution is 0.102. The summed E-state index contributed by atoms with van der Waals surface area (Å²) in [6.07, 6.45) is 3.68. The van der Waals surface area contributed by atoms with Crippen LogP contribution in [0.4, 0.5) is 5.69 Å². The fourth-order valence-electron chi connectivity index (χ4n) is 4.51. The van der Waals surface area contributed by atoms with Crippen LogP contribution in [0.3, 0.4) is 0 Å². The zero-order valence-electron chi connectivity index (χ0n) is 19.3. The Morgan fingerprint density at radius 1 is 0.971 bits per heavy atom. The Balaban J connectivity index is 1.94. The molecule has 0 aliphatic heterocycles. The maximum Gasteiger partial charge on any atom is 0.316 e. The van der Waals surface area contributed by atoms with E-state index in [1.807, 2.05) is 0 Å². The fourth-order valence-corrected chi connectivity index (χ4v) is 6.52. The van der Waals surface area contributed by atoms with Gasteiger partial charge in [-0.05, 0) is 37.1 Å². The molecule has 0 spiro atoms. The van der Waals surface area contributed by atoms with Gasteiger partial charge in [0.2, 0.25) is 0 Å². The number of sulfone groups is 1. The van der Waals surface area contributed by atoms with E-state index in [0.717, 1.165) is 28.4 Å². The van der Waals surface area contributed by atoms with Gasteiger partial charge in [-0.25, -0.2) is 8.42 Å². The predicted molar refractivity (Wildman–Crippen MR) is 129 cm³/mol. The first kappa shape index (κ1) is 23.7. The number of benzene rings is 2. The number of carbonyl (C=O) groups is 1. The molecule has 34 heavy (non-hydrogen) atoms. The quantitative estimate of drug-likeness (QED) is 0.556. The second kappa shape index (κ2) is 9.09. The molecule has 1 aliphatic rings. The van der Waals surface area contributed by atoms with E-state index in [4.69, 9.17) is 4.74 Å². The van der Waals surface area contributed by atoms with Crippen molar-refractivity contribution in [3.63, 3.8) is 0 Å². The summed E-state index contributed by atoms with van der Waals surface area (Å²) in [4.78, 5) is 37.8. The molecular weight excluding hydrogens is 458 g/mol. The van der Waals surface area contributed by atoms with Gasteiger partial charge in [0.15, 0.2) is 9.84 Å². The third-order valence-corrected chi connectivity index (χ3v) is 8.79. The maximum atomic E-state index is 13.7. The van der Waals surface area contributed by atoms with Crippen molar-refractivity contribution in [1.82, 2.24) is 9.13 Å². The summed E-state index contributed by atoms with van der Waals surface area (Å²) in [5.74, 6) is -0.209. The monoisotopic (exact) mass is 485 g/mol. The number of aromatic nitrogens is 2. The topological polar surface area (TPSA) is 116 Å². The third-order valence-electron chi connectivity index (χ3n) is 6.49. The number of methoxy groups -OCH3 is 1. The molecule has 3 aromatic rings. The Morgan fingerprint density at radius 3 is 2.18 bits per heavy atom. The van der Waals surface area contributed by atoms with E-state index >= 15 is 0 Å². The first-order chi connectivity index (χ1) is 16.2. The van der Waals surface area contributed by atoms with Crippen LogP contribution in [0.2, 0.25) is 0 Å². The summed E-state index contributed by atoms with van der Waals surface area (Å²) in [5.41, 5.74) is -0.605. The van der Waals surface area contributed by atoms with Crippen LogP contribution in [0.25, 0.3) is 11.0 Å². The summed E-state index contributed by atoms with van der Waals surface area (Å²) >= 11 is 0. The van der Waals surface area contributed by atoms with Crippen molar-refractivity contribution >= 4 is 32.5 Å². The van der Waals surface area contributed by atoms with E-state index in [9.17, 15) is 22.8 Å². The van der Waals surface area contributed by atoms with E-state index in [1.165, 1.54) is 33.3 Å². The van der Waals surface area contributed by atoms with Crippen molar-refractivity contribution in [2.75, 3.05) is 12.4 Å². The van der Waals surface area contributed by atoms with E-state index in [0.29, 0.717) is 24.1 Å². The average molecular weight is 486 g/mol. The van der Waals surface area contributed by atoms with Crippen molar-refractivity contribution in [1.29, 1.82) is 0 Å². The number of hydrogen-bond donors (Lipinski definition) is 1. The van der Waals surface area contributed by atoms with E-state index in [1.54, 1.807) is 24.3 Å². The number of anilines is 1. The number of ether oxygens (including phenoxy) is 1. The molecule has 4 rings (SSSR count). The highest BCUT2D eigenvalue weighted by Gasteiger charge is 2.32. The van der Waals surface area contributed by atoms with Crippen LogP contribution < -0.4 is 21.2 Å². The molecule has 1 aromatic heterocycles. The van der Waals surface area contributed by atoms with Crippen LogP contribution in [0.1, 0.15) is 42.5 Å². The van der Waals surface area contributed by atoms with Gasteiger partial charge in [0.25, 0.3) is 5.91 Å². The second-order valence-corrected chi connectivity index (χ2v) is 10.7. The van der Waals surface area contributed by atoms with Crippen LogP contribution in [-0.4, -0.2) is 35.8 Å². The van der Waals surface area contributed by atoms with Crippen LogP contribution in [0.15, 0.2) is 50.9 Å². The van der Waals surface area contributed by atoms with Crippen molar-refractivity contribution < 1.29 is 17.9 Å². The SMILES string of the molecule is COc1ccccc1C(=O)Nc1cc2c(cc1S(=O)(=O)C1CCCCC1)n(C)c(=O)c(=O)n2C. The fraction of sp³-hybridized carbons (Fsp3) is 0.375. The number of nitrogens with one attached hydrogen (secondary N) is 1. The molecule has 1 amide bonds. The summed E-state index contributed by atoms with van der Waals surface area (Å²) in [6, 6.07) is 9.44. The lowest BCUT2D eigenvalue weighted by atomic mass is 10.0. The summed E-state index contributed by atoms with van der Waals surface area (Å²) in [5, 5.41) is 2.14. The Labute approximate surface area is 196 Å². The number of fused-ring (bicyclic) bond motifs is 1. The minimum absolute atomic E-state index is 0.0580. The molecule has 1 aliphatic carbocycles. The molecule has 0 atom stereocenters. The van der Waals surface area contributed by atoms with Crippen LogP contribution in [0.5, 0.6) is 5.75 Å². The number of nitrogens with zero attached hydrogens (tertiary/aromatic N) is 2. The van der Waals surface area contributed by atoms with Crippen molar-refractivity contribution in [2.45, 2.75) is 42.2 Å². The number of amides is 1. The minimum Gasteiger partial charge on any atom is -0.496 e. The highest BCUT2D eigenvalue weighted by atomic mass is 32.2. The molecule has 1 saturated carbocycles. The number of hydrogen-bond acceptors (Lipinski definition) is 6. The number of para-hydroxylation sites is 1. The Bertz CT molecular complexity index is 1500. The second-order valence-electron chi connectivity index (χ2n) is 8.52. The van der Waals surface area contributed by atoms with E-state index in [2.05, 4.69) is 5.32 Å². The summed E-state index contributed by atoms with van der Waals surface area (Å²) < 4.78 is 35.0. The van der Waals surface area contributed by atoms with Gasteiger partial charge in [0.1, 0.15) is 5.75 Å². The molecule has 0 unspecified atom stereocenters. The largest absolute Gasteiger partial charge is 0.496 e. The number of rotatable bonds is 5. The zero-order chi connectivity index (χ0) is 24.6. The lowest BCUT2D eigenvalue weighted by Gasteiger charge is -2.24. The van der Waals surface area contributed by atoms with Gasteiger partial charge in [-0.1, -0.05) is 31.4 Å². The summed E-state index contributed by atoms with van der Waals surface area (Å²) in [6.45, 7) is 0. The molecule has 1 N–H and O–H groups in total. The van der Waals surface area contributed by atoms with Crippen molar-refractivity contribution in [2.24, 2.45) is 14.1 Å². The minimum atomic E-state index is -3.83. The number of carbonyl (C=O) groups excluding carboxylic acids is 1. The first-order valence-electron chi connectivity index (χ1n) is 11.1. The lowest BCUT2D eigenvalue weighted by Crippen LogP contribution is -2.39. The van der Waals surface area contributed by atoms with Gasteiger partial charge >= 0.3 is 11.1 Å². The van der Waals surface area contributed by atoms with Gasteiger partial charge in [0, 0.05) is 14.1 Å². The molecule has 0 radical (unpaired) electrons. The number of aryl methyl sites for hydroxylation is 2. The van der Waals surface area contributed by atoms with Gasteiger partial charge < -0.3 is 19.2 Å². The van der Waals surface area contributed by atoms with Crippen LogP contribution in [-0.2, 0) is 23.9 Å². The maximum absolute atomic E-state index is 13.7. The molecule has 1 fully saturated rings. The molecule has 0 saturated heterocycles. The van der Waals surface area contributed by atoms with Gasteiger partial charge in [-0.3, -0.25) is 14.4 Å². The standard InChI is InChI=1S/C24H27N3O6S/c1-26-18-13-17(25-22(28)16-11-7-8-12-20(16)33-3)21(14-19(18)27(2)24(30)23(26)29)34(31,32)15-9-5-4-6-10-15/h7-8,11-15H,4-6,9-10H2,1-3H3,(H,25,28). The molecule has 180 valence electrons.